The molecule has 25 heavy (non-hydrogen) atoms. The third-order valence-corrected chi connectivity index (χ3v) is 4.13. The zero-order chi connectivity index (χ0) is 18.4. The van der Waals surface area contributed by atoms with Gasteiger partial charge in [0.25, 0.3) is 5.69 Å². The van der Waals surface area contributed by atoms with E-state index < -0.39 is 10.5 Å². The quantitative estimate of drug-likeness (QED) is 0.595. The lowest BCUT2D eigenvalue weighted by Gasteiger charge is -2.25. The molecule has 1 amide bonds. The summed E-state index contributed by atoms with van der Waals surface area (Å²) in [5.74, 6) is -0.313. The molecule has 132 valence electrons. The summed E-state index contributed by atoms with van der Waals surface area (Å²) in [6.45, 7) is 3.48. The second kappa shape index (κ2) is 7.90. The van der Waals surface area contributed by atoms with E-state index in [1.165, 1.54) is 12.1 Å². The maximum Gasteiger partial charge on any atom is 0.269 e. The topological polar surface area (TPSA) is 92.5 Å². The molecule has 0 heterocycles. The lowest BCUT2D eigenvalue weighted by molar-refractivity contribution is -0.384. The average Bonchev–Trinajstić information content (AvgIpc) is 2.60. The molecule has 2 aromatic rings. The number of rotatable bonds is 7. The molecule has 2 aromatic carbocycles. The summed E-state index contributed by atoms with van der Waals surface area (Å²) in [4.78, 5) is 22.8. The fourth-order valence-electron chi connectivity index (χ4n) is 2.73. The lowest BCUT2D eigenvalue weighted by Crippen LogP contribution is -2.34. The van der Waals surface area contributed by atoms with Crippen molar-refractivity contribution in [2.24, 2.45) is 0 Å². The van der Waals surface area contributed by atoms with Crippen LogP contribution < -0.4 is 5.32 Å². The Labute approximate surface area is 146 Å². The van der Waals surface area contributed by atoms with Crippen molar-refractivity contribution in [3.8, 4) is 0 Å². The number of nitro groups is 1. The van der Waals surface area contributed by atoms with Crippen LogP contribution in [0.25, 0.3) is 0 Å². The van der Waals surface area contributed by atoms with E-state index in [2.05, 4.69) is 5.32 Å². The first-order valence-corrected chi connectivity index (χ1v) is 8.15. The maximum atomic E-state index is 12.4. The number of benzene rings is 2. The van der Waals surface area contributed by atoms with Crippen LogP contribution in [-0.4, -0.2) is 15.9 Å². The summed E-state index contributed by atoms with van der Waals surface area (Å²) >= 11 is 0. The summed E-state index contributed by atoms with van der Waals surface area (Å²) in [6.07, 6.45) is 0.489. The van der Waals surface area contributed by atoms with Crippen LogP contribution in [0.1, 0.15) is 43.9 Å². The smallest absolute Gasteiger partial charge is 0.269 e. The molecule has 6 heteroatoms. The molecular weight excluding hydrogens is 320 g/mol. The minimum Gasteiger partial charge on any atom is -0.385 e. The molecule has 0 radical (unpaired) electrons. The lowest BCUT2D eigenvalue weighted by atomic mass is 9.92. The Balaban J connectivity index is 2.10. The normalized spacial score (nSPS) is 14.4. The summed E-state index contributed by atoms with van der Waals surface area (Å²) in [7, 11) is 0. The number of carbonyl (C=O) groups is 1. The van der Waals surface area contributed by atoms with Crippen LogP contribution in [0.15, 0.2) is 54.6 Å². The standard InChI is InChI=1S/C19H22N2O4/c1-3-17(14-8-7-11-16(12-14)21(24)25)20-18(22)13-19(2,23)15-9-5-4-6-10-15/h4-12,17,23H,3,13H2,1-2H3,(H,20,22). The molecule has 0 bridgehead atoms. The second-order valence-electron chi connectivity index (χ2n) is 6.20. The van der Waals surface area contributed by atoms with E-state index in [9.17, 15) is 20.0 Å². The van der Waals surface area contributed by atoms with Gasteiger partial charge >= 0.3 is 0 Å². The predicted octanol–water partition coefficient (Wildman–Crippen LogP) is 3.46. The van der Waals surface area contributed by atoms with E-state index in [0.717, 1.165) is 0 Å². The number of nitrogens with zero attached hydrogens (tertiary/aromatic N) is 1. The number of hydrogen-bond donors (Lipinski definition) is 2. The highest BCUT2D eigenvalue weighted by molar-refractivity contribution is 5.77. The minimum absolute atomic E-state index is 0.0125. The first-order valence-electron chi connectivity index (χ1n) is 8.15. The van der Waals surface area contributed by atoms with Crippen molar-refractivity contribution in [1.29, 1.82) is 0 Å². The van der Waals surface area contributed by atoms with E-state index >= 15 is 0 Å². The molecule has 2 unspecified atom stereocenters. The van der Waals surface area contributed by atoms with E-state index in [-0.39, 0.29) is 24.1 Å². The number of carbonyl (C=O) groups excluding carboxylic acids is 1. The van der Waals surface area contributed by atoms with Crippen LogP contribution >= 0.6 is 0 Å². The molecule has 0 saturated carbocycles. The molecule has 0 aliphatic carbocycles. The molecule has 0 fully saturated rings. The molecule has 6 nitrogen and oxygen atoms in total. The zero-order valence-electron chi connectivity index (χ0n) is 14.3. The van der Waals surface area contributed by atoms with Crippen LogP contribution in [0.5, 0.6) is 0 Å². The van der Waals surface area contributed by atoms with Gasteiger partial charge in [-0.1, -0.05) is 49.4 Å². The van der Waals surface area contributed by atoms with E-state index in [0.29, 0.717) is 17.5 Å². The fourth-order valence-corrected chi connectivity index (χ4v) is 2.73. The van der Waals surface area contributed by atoms with Crippen LogP contribution in [-0.2, 0) is 10.4 Å². The Kier molecular flexibility index (Phi) is 5.88. The van der Waals surface area contributed by atoms with Gasteiger partial charge in [-0.15, -0.1) is 0 Å². The van der Waals surface area contributed by atoms with Crippen molar-refractivity contribution in [3.05, 3.63) is 75.8 Å². The highest BCUT2D eigenvalue weighted by Crippen LogP contribution is 2.26. The Hall–Kier alpha value is -2.73. The highest BCUT2D eigenvalue weighted by Gasteiger charge is 2.27. The largest absolute Gasteiger partial charge is 0.385 e. The third kappa shape index (κ3) is 4.87. The Morgan fingerprint density at radius 3 is 2.52 bits per heavy atom. The first-order chi connectivity index (χ1) is 11.8. The summed E-state index contributed by atoms with van der Waals surface area (Å²) in [6, 6.07) is 14.9. The number of hydrogen-bond acceptors (Lipinski definition) is 4. The van der Waals surface area contributed by atoms with Gasteiger partial charge in [-0.3, -0.25) is 14.9 Å². The van der Waals surface area contributed by atoms with Gasteiger partial charge in [0.05, 0.1) is 23.0 Å². The minimum atomic E-state index is -1.29. The monoisotopic (exact) mass is 342 g/mol. The average molecular weight is 342 g/mol. The van der Waals surface area contributed by atoms with Crippen molar-refractivity contribution in [2.45, 2.75) is 38.3 Å². The van der Waals surface area contributed by atoms with Gasteiger partial charge in [0, 0.05) is 12.1 Å². The van der Waals surface area contributed by atoms with Gasteiger partial charge in [0.2, 0.25) is 5.91 Å². The molecule has 0 aliphatic heterocycles. The van der Waals surface area contributed by atoms with Crippen LogP contribution in [0.2, 0.25) is 0 Å². The number of amides is 1. The van der Waals surface area contributed by atoms with Crippen LogP contribution in [0, 0.1) is 10.1 Å². The van der Waals surface area contributed by atoms with Gasteiger partial charge in [0.15, 0.2) is 0 Å². The van der Waals surface area contributed by atoms with Gasteiger partial charge < -0.3 is 10.4 Å². The molecule has 0 aromatic heterocycles. The van der Waals surface area contributed by atoms with Crippen molar-refractivity contribution in [2.75, 3.05) is 0 Å². The molecule has 2 atom stereocenters. The van der Waals surface area contributed by atoms with Gasteiger partial charge in [-0.25, -0.2) is 0 Å². The number of non-ortho nitro benzene ring substituents is 1. The number of nitrogens with one attached hydrogen (secondary N) is 1. The molecule has 2 N–H and O–H groups in total. The maximum absolute atomic E-state index is 12.4. The molecular formula is C19H22N2O4. The van der Waals surface area contributed by atoms with Crippen molar-refractivity contribution >= 4 is 11.6 Å². The van der Waals surface area contributed by atoms with Gasteiger partial charge in [0.1, 0.15) is 0 Å². The predicted molar refractivity (Wildman–Crippen MR) is 94.9 cm³/mol. The van der Waals surface area contributed by atoms with Crippen molar-refractivity contribution < 1.29 is 14.8 Å². The third-order valence-electron chi connectivity index (χ3n) is 4.13. The van der Waals surface area contributed by atoms with Crippen LogP contribution in [0.3, 0.4) is 0 Å². The van der Waals surface area contributed by atoms with E-state index in [4.69, 9.17) is 0 Å². The Morgan fingerprint density at radius 2 is 1.92 bits per heavy atom. The van der Waals surface area contributed by atoms with Crippen molar-refractivity contribution in [3.63, 3.8) is 0 Å². The van der Waals surface area contributed by atoms with Gasteiger partial charge in [-0.2, -0.15) is 0 Å². The zero-order valence-corrected chi connectivity index (χ0v) is 14.3. The molecule has 2 rings (SSSR count). The number of nitro benzene ring substituents is 1. The Morgan fingerprint density at radius 1 is 1.24 bits per heavy atom. The number of aliphatic hydroxyl groups is 1. The van der Waals surface area contributed by atoms with E-state index in [1.807, 2.05) is 13.0 Å². The first kappa shape index (κ1) is 18.6. The van der Waals surface area contributed by atoms with Gasteiger partial charge in [-0.05, 0) is 24.5 Å². The SMILES string of the molecule is CCC(NC(=O)CC(C)(O)c1ccccc1)c1cccc([N+](=O)[O-])c1. The van der Waals surface area contributed by atoms with Crippen LogP contribution in [0.4, 0.5) is 5.69 Å². The highest BCUT2D eigenvalue weighted by atomic mass is 16.6. The summed E-state index contributed by atoms with van der Waals surface area (Å²) < 4.78 is 0. The molecule has 0 aliphatic rings. The summed E-state index contributed by atoms with van der Waals surface area (Å²) in [5.41, 5.74) is 0.0335. The van der Waals surface area contributed by atoms with E-state index in [1.54, 1.807) is 43.3 Å². The fraction of sp³-hybridized carbons (Fsp3) is 0.316. The molecule has 0 spiro atoms. The Bertz CT molecular complexity index is 744. The van der Waals surface area contributed by atoms with Crippen molar-refractivity contribution in [1.82, 2.24) is 5.32 Å². The second-order valence-corrected chi connectivity index (χ2v) is 6.20. The summed E-state index contributed by atoms with van der Waals surface area (Å²) in [5, 5.41) is 24.3. The molecule has 0 saturated heterocycles.